The molecule has 2 aromatic rings. The molecule has 2 heterocycles. The van der Waals surface area contributed by atoms with E-state index in [0.29, 0.717) is 17.9 Å². The van der Waals surface area contributed by atoms with Gasteiger partial charge in [-0.25, -0.2) is 0 Å². The van der Waals surface area contributed by atoms with Gasteiger partial charge in [-0.3, -0.25) is 14.6 Å². The summed E-state index contributed by atoms with van der Waals surface area (Å²) < 4.78 is 0. The fourth-order valence-electron chi connectivity index (χ4n) is 4.95. The Morgan fingerprint density at radius 3 is 2.53 bits per heavy atom. The smallest absolute Gasteiger partial charge is 0.253 e. The molecule has 1 aliphatic heterocycles. The Morgan fingerprint density at radius 2 is 1.84 bits per heavy atom. The first kappa shape index (κ1) is 22.3. The monoisotopic (exact) mass is 434 g/mol. The predicted octanol–water partition coefficient (Wildman–Crippen LogP) is 3.97. The van der Waals surface area contributed by atoms with Gasteiger partial charge in [0.2, 0.25) is 5.91 Å². The molecule has 0 bridgehead atoms. The van der Waals surface area contributed by atoms with Crippen LogP contribution in [0.15, 0.2) is 42.7 Å². The minimum absolute atomic E-state index is 0.0120. The van der Waals surface area contributed by atoms with Crippen molar-refractivity contribution >= 4 is 17.5 Å². The molecule has 1 unspecified atom stereocenters. The zero-order valence-electron chi connectivity index (χ0n) is 19.4. The third-order valence-corrected chi connectivity index (χ3v) is 6.76. The van der Waals surface area contributed by atoms with Gasteiger partial charge in [0.05, 0.1) is 6.04 Å². The number of piperidine rings is 1. The van der Waals surface area contributed by atoms with Crippen LogP contribution in [-0.4, -0.2) is 47.9 Å². The fourth-order valence-corrected chi connectivity index (χ4v) is 4.95. The van der Waals surface area contributed by atoms with Crippen molar-refractivity contribution in [1.29, 1.82) is 0 Å². The molecule has 1 fully saturated rings. The summed E-state index contributed by atoms with van der Waals surface area (Å²) in [5.74, 6) is 0.490. The van der Waals surface area contributed by atoms with Gasteiger partial charge >= 0.3 is 0 Å². The lowest BCUT2D eigenvalue weighted by Crippen LogP contribution is -2.45. The predicted molar refractivity (Wildman–Crippen MR) is 127 cm³/mol. The Balaban J connectivity index is 1.39. The van der Waals surface area contributed by atoms with Crippen molar-refractivity contribution in [2.75, 3.05) is 25.0 Å². The van der Waals surface area contributed by atoms with Crippen LogP contribution in [0.4, 0.5) is 5.69 Å². The summed E-state index contributed by atoms with van der Waals surface area (Å²) in [6.45, 7) is 5.97. The van der Waals surface area contributed by atoms with E-state index in [4.69, 9.17) is 0 Å². The topological polar surface area (TPSA) is 65.5 Å². The molecule has 1 N–H and O–H groups in total. The van der Waals surface area contributed by atoms with E-state index in [-0.39, 0.29) is 23.9 Å². The van der Waals surface area contributed by atoms with Crippen molar-refractivity contribution in [2.45, 2.75) is 58.0 Å². The second kappa shape index (κ2) is 9.72. The third-order valence-electron chi connectivity index (χ3n) is 6.76. The van der Waals surface area contributed by atoms with Crippen molar-refractivity contribution in [2.24, 2.45) is 5.92 Å². The summed E-state index contributed by atoms with van der Waals surface area (Å²) in [5.41, 5.74) is 4.25. The zero-order valence-corrected chi connectivity index (χ0v) is 19.4. The number of nitrogens with zero attached hydrogens (tertiary/aromatic N) is 3. The SMILES string of the molecule is CC(C)CC(=O)NC1CCc2ccc(C(=O)N(C)C3CCN(c4ccncc4)CC3)cc21. The lowest BCUT2D eigenvalue weighted by molar-refractivity contribution is -0.122. The van der Waals surface area contributed by atoms with E-state index in [1.807, 2.05) is 48.6 Å². The Kier molecular flexibility index (Phi) is 6.77. The molecule has 1 aromatic carbocycles. The highest BCUT2D eigenvalue weighted by molar-refractivity contribution is 5.94. The molecule has 4 rings (SSSR count). The summed E-state index contributed by atoms with van der Waals surface area (Å²) in [5, 5.41) is 3.17. The maximum absolute atomic E-state index is 13.3. The number of nitrogens with one attached hydrogen (secondary N) is 1. The normalized spacial score (nSPS) is 18.5. The summed E-state index contributed by atoms with van der Waals surface area (Å²) in [6.07, 6.45) is 7.92. The molecule has 1 saturated heterocycles. The zero-order chi connectivity index (χ0) is 22.7. The van der Waals surface area contributed by atoms with Gasteiger partial charge in [0.15, 0.2) is 0 Å². The van der Waals surface area contributed by atoms with Crippen LogP contribution in [0.5, 0.6) is 0 Å². The molecular formula is C26H34N4O2. The number of pyridine rings is 1. The van der Waals surface area contributed by atoms with E-state index in [1.54, 1.807) is 0 Å². The van der Waals surface area contributed by atoms with Gasteiger partial charge < -0.3 is 15.1 Å². The van der Waals surface area contributed by atoms with Gasteiger partial charge in [-0.15, -0.1) is 0 Å². The lowest BCUT2D eigenvalue weighted by Gasteiger charge is -2.38. The van der Waals surface area contributed by atoms with Crippen LogP contribution in [0.25, 0.3) is 0 Å². The molecule has 1 atom stereocenters. The van der Waals surface area contributed by atoms with Crippen molar-refractivity contribution in [3.8, 4) is 0 Å². The number of hydrogen-bond donors (Lipinski definition) is 1. The van der Waals surface area contributed by atoms with E-state index >= 15 is 0 Å². The number of anilines is 1. The Labute approximate surface area is 191 Å². The molecule has 6 nitrogen and oxygen atoms in total. The molecule has 1 aliphatic carbocycles. The summed E-state index contributed by atoms with van der Waals surface area (Å²) >= 11 is 0. The standard InChI is InChI=1S/C26H34N4O2/c1-18(2)16-25(31)28-24-7-6-19-4-5-20(17-23(19)24)26(32)29(3)21-10-14-30(15-11-21)22-8-12-27-13-9-22/h4-5,8-9,12-13,17-18,21,24H,6-7,10-11,14-16H2,1-3H3,(H,28,31). The number of benzene rings is 1. The molecule has 0 spiro atoms. The minimum Gasteiger partial charge on any atom is -0.371 e. The van der Waals surface area contributed by atoms with Crippen LogP contribution in [0.3, 0.4) is 0 Å². The number of carbonyl (C=O) groups is 2. The molecular weight excluding hydrogens is 400 g/mol. The number of aryl methyl sites for hydroxylation is 1. The van der Waals surface area contributed by atoms with Crippen molar-refractivity contribution in [1.82, 2.24) is 15.2 Å². The Hall–Kier alpha value is -2.89. The lowest BCUT2D eigenvalue weighted by atomic mass is 10.00. The molecule has 2 amide bonds. The summed E-state index contributed by atoms with van der Waals surface area (Å²) in [7, 11) is 1.92. The minimum atomic E-state index is 0.0120. The quantitative estimate of drug-likeness (QED) is 0.747. The summed E-state index contributed by atoms with van der Waals surface area (Å²) in [4.78, 5) is 33.9. The first-order valence-electron chi connectivity index (χ1n) is 11.8. The van der Waals surface area contributed by atoms with Crippen molar-refractivity contribution in [3.63, 3.8) is 0 Å². The average Bonchev–Trinajstić information content (AvgIpc) is 3.20. The maximum atomic E-state index is 13.3. The van der Waals surface area contributed by atoms with Crippen LogP contribution >= 0.6 is 0 Å². The Morgan fingerprint density at radius 1 is 1.12 bits per heavy atom. The first-order chi connectivity index (χ1) is 15.4. The molecule has 32 heavy (non-hydrogen) atoms. The van der Waals surface area contributed by atoms with Crippen LogP contribution in [-0.2, 0) is 11.2 Å². The number of hydrogen-bond acceptors (Lipinski definition) is 4. The molecule has 1 aromatic heterocycles. The molecule has 0 radical (unpaired) electrons. The second-order valence-corrected chi connectivity index (χ2v) is 9.51. The van der Waals surface area contributed by atoms with E-state index in [1.165, 1.54) is 11.3 Å². The van der Waals surface area contributed by atoms with Crippen LogP contribution in [0.2, 0.25) is 0 Å². The second-order valence-electron chi connectivity index (χ2n) is 9.51. The molecule has 2 aliphatic rings. The van der Waals surface area contributed by atoms with Crippen molar-refractivity contribution < 1.29 is 9.59 Å². The highest BCUT2D eigenvalue weighted by atomic mass is 16.2. The number of carbonyl (C=O) groups excluding carboxylic acids is 2. The number of amides is 2. The van der Waals surface area contributed by atoms with Gasteiger partial charge in [-0.1, -0.05) is 19.9 Å². The van der Waals surface area contributed by atoms with Crippen LogP contribution in [0.1, 0.15) is 67.1 Å². The maximum Gasteiger partial charge on any atom is 0.253 e. The van der Waals surface area contributed by atoms with E-state index in [2.05, 4.69) is 35.1 Å². The summed E-state index contributed by atoms with van der Waals surface area (Å²) in [6, 6.07) is 10.3. The van der Waals surface area contributed by atoms with E-state index in [9.17, 15) is 9.59 Å². The number of fused-ring (bicyclic) bond motifs is 1. The van der Waals surface area contributed by atoms with Crippen molar-refractivity contribution in [3.05, 3.63) is 59.4 Å². The van der Waals surface area contributed by atoms with Gasteiger partial charge in [0.1, 0.15) is 0 Å². The first-order valence-corrected chi connectivity index (χ1v) is 11.8. The molecule has 6 heteroatoms. The molecule has 170 valence electrons. The highest BCUT2D eigenvalue weighted by Gasteiger charge is 2.29. The Bertz CT molecular complexity index is 952. The largest absolute Gasteiger partial charge is 0.371 e. The fraction of sp³-hybridized carbons (Fsp3) is 0.500. The number of aromatic nitrogens is 1. The van der Waals surface area contributed by atoms with Gasteiger partial charge in [-0.2, -0.15) is 0 Å². The van der Waals surface area contributed by atoms with E-state index in [0.717, 1.165) is 44.3 Å². The van der Waals surface area contributed by atoms with Crippen LogP contribution < -0.4 is 10.2 Å². The number of rotatable bonds is 6. The third kappa shape index (κ3) is 4.95. The highest BCUT2D eigenvalue weighted by Crippen LogP contribution is 2.32. The average molecular weight is 435 g/mol. The van der Waals surface area contributed by atoms with E-state index < -0.39 is 0 Å². The van der Waals surface area contributed by atoms with Gasteiger partial charge in [-0.05, 0) is 67.0 Å². The van der Waals surface area contributed by atoms with Gasteiger partial charge in [0.25, 0.3) is 5.91 Å². The molecule has 0 saturated carbocycles. The van der Waals surface area contributed by atoms with Gasteiger partial charge in [0, 0.05) is 56.2 Å². The van der Waals surface area contributed by atoms with Crippen LogP contribution in [0, 0.1) is 5.92 Å².